The van der Waals surface area contributed by atoms with Gasteiger partial charge in [0.15, 0.2) is 0 Å². The Labute approximate surface area is 265 Å². The summed E-state index contributed by atoms with van der Waals surface area (Å²) in [6.45, 7) is 3.35. The summed E-state index contributed by atoms with van der Waals surface area (Å²) in [5, 5.41) is 0.755. The second-order valence-corrected chi connectivity index (χ2v) is 12.9. The second kappa shape index (κ2) is 12.8. The van der Waals surface area contributed by atoms with E-state index in [0.29, 0.717) is 32.8 Å². The summed E-state index contributed by atoms with van der Waals surface area (Å²) < 4.78 is 39.9. The first kappa shape index (κ1) is 31.3. The van der Waals surface area contributed by atoms with E-state index in [2.05, 4.69) is 0 Å². The van der Waals surface area contributed by atoms with Gasteiger partial charge in [0.2, 0.25) is 10.0 Å². The topological polar surface area (TPSA) is 97.1 Å². The minimum Gasteiger partial charge on any atom is -0.465 e. The molecule has 11 heteroatoms. The third-order valence-electron chi connectivity index (χ3n) is 7.13. The number of amides is 1. The Balaban J connectivity index is 1.49. The molecule has 1 amide bonds. The van der Waals surface area contributed by atoms with Crippen LogP contribution >= 0.6 is 23.2 Å². The molecule has 0 fully saturated rings. The molecule has 0 bridgehead atoms. The fourth-order valence-electron chi connectivity index (χ4n) is 4.87. The lowest BCUT2D eigenvalue weighted by atomic mass is 10.1. The first-order valence-electron chi connectivity index (χ1n) is 13.5. The molecule has 4 aromatic rings. The summed E-state index contributed by atoms with van der Waals surface area (Å²) >= 11 is 12.5. The number of para-hydroxylation sites is 1. The number of ether oxygens (including phenoxy) is 1. The summed E-state index contributed by atoms with van der Waals surface area (Å²) in [6.07, 6.45) is 1.46. The Morgan fingerprint density at radius 1 is 0.955 bits per heavy atom. The largest absolute Gasteiger partial charge is 0.465 e. The molecule has 1 aliphatic rings. The quantitative estimate of drug-likeness (QED) is 0.141. The van der Waals surface area contributed by atoms with Gasteiger partial charge in [-0.3, -0.25) is 9.69 Å². The van der Waals surface area contributed by atoms with Crippen LogP contribution in [-0.2, 0) is 37.4 Å². The number of halogens is 2. The molecule has 5 rings (SSSR count). The summed E-state index contributed by atoms with van der Waals surface area (Å²) in [5.41, 5.74) is 2.69. The molecule has 1 aromatic heterocycles. The number of carbonyl (C=O) groups is 2. The Morgan fingerprint density at radius 3 is 2.32 bits per heavy atom. The van der Waals surface area contributed by atoms with E-state index in [1.165, 1.54) is 22.4 Å². The predicted octanol–water partition coefficient (Wildman–Crippen LogP) is 7.16. The lowest BCUT2D eigenvalue weighted by Gasteiger charge is -2.22. The van der Waals surface area contributed by atoms with Crippen LogP contribution in [0.15, 0.2) is 111 Å². The highest BCUT2D eigenvalue weighted by atomic mass is 35.5. The van der Waals surface area contributed by atoms with Crippen molar-refractivity contribution < 1.29 is 27.2 Å². The van der Waals surface area contributed by atoms with Gasteiger partial charge in [-0.2, -0.15) is 4.31 Å². The number of nitrogens with zero attached hydrogens (tertiary/aromatic N) is 2. The van der Waals surface area contributed by atoms with Crippen molar-refractivity contribution in [1.29, 1.82) is 0 Å². The van der Waals surface area contributed by atoms with E-state index in [-0.39, 0.29) is 34.9 Å². The van der Waals surface area contributed by atoms with Crippen molar-refractivity contribution >= 4 is 56.9 Å². The molecule has 0 N–H and O–H groups in total. The van der Waals surface area contributed by atoms with Crippen LogP contribution in [0.3, 0.4) is 0 Å². The fraction of sp³-hybridized carbons (Fsp3) is 0.152. The van der Waals surface area contributed by atoms with Gasteiger partial charge in [-0.05, 0) is 74.0 Å². The van der Waals surface area contributed by atoms with E-state index in [4.69, 9.17) is 32.4 Å². The monoisotopic (exact) mass is 650 g/mol. The van der Waals surface area contributed by atoms with Gasteiger partial charge in [-0.25, -0.2) is 13.2 Å². The zero-order valence-electron chi connectivity index (χ0n) is 24.1. The van der Waals surface area contributed by atoms with Gasteiger partial charge in [0.05, 0.1) is 29.7 Å². The van der Waals surface area contributed by atoms with Gasteiger partial charge in [-0.15, -0.1) is 0 Å². The van der Waals surface area contributed by atoms with Crippen LogP contribution in [0.4, 0.5) is 5.69 Å². The third-order valence-corrected chi connectivity index (χ3v) is 9.52. The number of benzene rings is 3. The van der Waals surface area contributed by atoms with Crippen LogP contribution in [0, 0.1) is 6.92 Å². The van der Waals surface area contributed by atoms with Gasteiger partial charge in [0.25, 0.3) is 5.91 Å². The number of sulfonamides is 1. The number of methoxy groups -OCH3 is 1. The van der Waals surface area contributed by atoms with E-state index in [0.717, 1.165) is 5.56 Å². The van der Waals surface area contributed by atoms with Crippen molar-refractivity contribution in [2.75, 3.05) is 12.0 Å². The normalized spacial score (nSPS) is 14.6. The number of allylic oxidation sites excluding steroid dienone is 1. The summed E-state index contributed by atoms with van der Waals surface area (Å²) in [7, 11) is -2.75. The number of anilines is 1. The Bertz CT molecular complexity index is 1900. The molecule has 0 spiro atoms. The average Bonchev–Trinajstić information content (AvgIpc) is 3.54. The summed E-state index contributed by atoms with van der Waals surface area (Å²) in [6, 6.07) is 23.6. The maximum Gasteiger partial charge on any atom is 0.340 e. The van der Waals surface area contributed by atoms with Gasteiger partial charge in [0, 0.05) is 28.0 Å². The SMILES string of the molecule is COC(=O)C1=C(C)N(c2ccccc2)C(=O)/C1=C/c1ccc(CN(Cc2ccc(Cl)cc2Cl)S(=O)(=O)c2ccc(C)cc2)o1. The molecule has 8 nitrogen and oxygen atoms in total. The molecule has 0 atom stereocenters. The Kier molecular flexibility index (Phi) is 9.12. The number of furan rings is 1. The molecule has 0 saturated carbocycles. The molecule has 0 aliphatic carbocycles. The maximum absolute atomic E-state index is 13.8. The zero-order valence-corrected chi connectivity index (χ0v) is 26.4. The molecule has 0 unspecified atom stereocenters. The molecule has 0 radical (unpaired) electrons. The number of hydrogen-bond donors (Lipinski definition) is 0. The molecule has 226 valence electrons. The van der Waals surface area contributed by atoms with Crippen LogP contribution in [0.5, 0.6) is 0 Å². The van der Waals surface area contributed by atoms with Crippen molar-refractivity contribution in [3.63, 3.8) is 0 Å². The molecule has 3 aromatic carbocycles. The van der Waals surface area contributed by atoms with E-state index in [9.17, 15) is 18.0 Å². The van der Waals surface area contributed by atoms with Crippen molar-refractivity contribution in [2.24, 2.45) is 0 Å². The van der Waals surface area contributed by atoms with E-state index >= 15 is 0 Å². The Hall–Kier alpha value is -4.15. The minimum absolute atomic E-state index is 0.0533. The van der Waals surface area contributed by atoms with Crippen molar-refractivity contribution in [1.82, 2.24) is 4.31 Å². The average molecular weight is 652 g/mol. The molecule has 44 heavy (non-hydrogen) atoms. The second-order valence-electron chi connectivity index (χ2n) is 10.1. The standard InChI is InChI=1S/C33H28Cl2N2O6S/c1-21-9-15-28(16-10-21)44(40,41)36(19-23-11-12-24(34)17-30(23)35)20-27-14-13-26(43-27)18-29-31(33(39)42-3)22(2)37(32(29)38)25-7-5-4-6-8-25/h4-18H,19-20H2,1-3H3/b29-18+. The maximum atomic E-state index is 13.8. The van der Waals surface area contributed by atoms with Crippen molar-refractivity contribution in [3.8, 4) is 0 Å². The molecule has 2 heterocycles. The lowest BCUT2D eigenvalue weighted by Crippen LogP contribution is -2.30. The summed E-state index contributed by atoms with van der Waals surface area (Å²) in [4.78, 5) is 27.9. The third kappa shape index (κ3) is 6.37. The lowest BCUT2D eigenvalue weighted by molar-refractivity contribution is -0.136. The number of aryl methyl sites for hydroxylation is 1. The van der Waals surface area contributed by atoms with Crippen molar-refractivity contribution in [3.05, 3.63) is 134 Å². The van der Waals surface area contributed by atoms with Gasteiger partial charge in [0.1, 0.15) is 11.5 Å². The minimum atomic E-state index is -3.99. The number of rotatable bonds is 9. The highest BCUT2D eigenvalue weighted by molar-refractivity contribution is 7.89. The number of carbonyl (C=O) groups excluding carboxylic acids is 2. The van der Waals surface area contributed by atoms with Crippen LogP contribution in [0.25, 0.3) is 6.08 Å². The van der Waals surface area contributed by atoms with E-state index in [1.807, 2.05) is 13.0 Å². The van der Waals surface area contributed by atoms with Crippen LogP contribution in [0.2, 0.25) is 10.0 Å². The molecule has 0 saturated heterocycles. The number of esters is 1. The van der Waals surface area contributed by atoms with Crippen LogP contribution < -0.4 is 4.90 Å². The highest BCUT2D eigenvalue weighted by Crippen LogP contribution is 2.36. The first-order chi connectivity index (χ1) is 21.0. The van der Waals surface area contributed by atoms with Gasteiger partial charge >= 0.3 is 5.97 Å². The van der Waals surface area contributed by atoms with E-state index < -0.39 is 21.9 Å². The first-order valence-corrected chi connectivity index (χ1v) is 15.7. The smallest absolute Gasteiger partial charge is 0.340 e. The van der Waals surface area contributed by atoms with Crippen LogP contribution in [-0.4, -0.2) is 31.7 Å². The fourth-order valence-corrected chi connectivity index (χ4v) is 6.72. The van der Waals surface area contributed by atoms with E-state index in [1.54, 1.807) is 85.8 Å². The predicted molar refractivity (Wildman–Crippen MR) is 169 cm³/mol. The highest BCUT2D eigenvalue weighted by Gasteiger charge is 2.38. The summed E-state index contributed by atoms with van der Waals surface area (Å²) in [5.74, 6) is -0.525. The van der Waals surface area contributed by atoms with Crippen molar-refractivity contribution in [2.45, 2.75) is 31.8 Å². The molecule has 1 aliphatic heterocycles. The van der Waals surface area contributed by atoms with Gasteiger partial charge in [-0.1, -0.05) is 65.2 Å². The van der Waals surface area contributed by atoms with Crippen LogP contribution in [0.1, 0.15) is 29.6 Å². The number of hydrogen-bond acceptors (Lipinski definition) is 6. The zero-order chi connectivity index (χ0) is 31.6. The Morgan fingerprint density at radius 2 is 1.66 bits per heavy atom. The molecular weight excluding hydrogens is 623 g/mol. The molecular formula is C33H28Cl2N2O6S. The van der Waals surface area contributed by atoms with Gasteiger partial charge < -0.3 is 9.15 Å².